The molecule has 4 aliphatic rings. The van der Waals surface area contributed by atoms with Crippen LogP contribution in [0.2, 0.25) is 0 Å². The van der Waals surface area contributed by atoms with Gasteiger partial charge in [0.15, 0.2) is 0 Å². The summed E-state index contributed by atoms with van der Waals surface area (Å²) in [5, 5.41) is 22.2. The maximum absolute atomic E-state index is 13.0. The van der Waals surface area contributed by atoms with Crippen LogP contribution >= 0.6 is 0 Å². The lowest BCUT2D eigenvalue weighted by atomic mass is 9.51. The van der Waals surface area contributed by atoms with E-state index in [1.807, 2.05) is 38.1 Å². The fourth-order valence-corrected chi connectivity index (χ4v) is 9.27. The molecule has 2 aromatic carbocycles. The van der Waals surface area contributed by atoms with Gasteiger partial charge in [0.05, 0.1) is 11.0 Å². The Bertz CT molecular complexity index is 1540. The Balaban J connectivity index is 1.39. The van der Waals surface area contributed by atoms with Gasteiger partial charge < -0.3 is 10.2 Å². The summed E-state index contributed by atoms with van der Waals surface area (Å²) in [6, 6.07) is 14.6. The summed E-state index contributed by atoms with van der Waals surface area (Å²) in [6.07, 6.45) is 7.77. The van der Waals surface area contributed by atoms with Crippen LogP contribution in [-0.2, 0) is 10.0 Å². The van der Waals surface area contributed by atoms with E-state index in [-0.39, 0.29) is 22.3 Å². The lowest BCUT2D eigenvalue weighted by Crippen LogP contribution is -2.51. The number of fused-ring (bicyclic) bond motifs is 4. The van der Waals surface area contributed by atoms with Crippen LogP contribution in [0.15, 0.2) is 76.2 Å². The second-order valence-electron chi connectivity index (χ2n) is 12.5. The first-order chi connectivity index (χ1) is 19.0. The normalized spacial score (nSPS) is 33.2. The van der Waals surface area contributed by atoms with Crippen LogP contribution in [0.25, 0.3) is 0 Å². The molecule has 0 amide bonds. The van der Waals surface area contributed by atoms with Gasteiger partial charge in [0.2, 0.25) is 0 Å². The van der Waals surface area contributed by atoms with E-state index in [1.165, 1.54) is 16.7 Å². The summed E-state index contributed by atoms with van der Waals surface area (Å²) in [4.78, 5) is 0.238. The minimum atomic E-state index is -3.69. The summed E-state index contributed by atoms with van der Waals surface area (Å²) in [5.74, 6) is 7.07. The maximum Gasteiger partial charge on any atom is 0.261 e. The molecule has 0 spiro atoms. The van der Waals surface area contributed by atoms with Crippen molar-refractivity contribution >= 4 is 15.7 Å². The van der Waals surface area contributed by atoms with Gasteiger partial charge in [-0.3, -0.25) is 4.72 Å². The molecule has 0 bridgehead atoms. The maximum atomic E-state index is 13.0. The van der Waals surface area contributed by atoms with Crippen molar-refractivity contribution in [2.75, 3.05) is 4.72 Å². The molecule has 3 N–H and O–H groups in total. The molecule has 0 heterocycles. The fraction of sp³-hybridized carbons (Fsp3) is 0.471. The van der Waals surface area contributed by atoms with Crippen LogP contribution in [0.5, 0.6) is 0 Å². The van der Waals surface area contributed by atoms with Crippen LogP contribution in [-0.4, -0.2) is 30.3 Å². The summed E-state index contributed by atoms with van der Waals surface area (Å²) in [7, 11) is -3.69. The van der Waals surface area contributed by atoms with Crippen LogP contribution in [0.4, 0.5) is 5.69 Å². The monoisotopic (exact) mass is 557 g/mol. The number of aliphatic hydroxyl groups is 2. The van der Waals surface area contributed by atoms with Gasteiger partial charge in [-0.05, 0) is 112 Å². The summed E-state index contributed by atoms with van der Waals surface area (Å²) in [6.45, 7) is 5.98. The third-order valence-electron chi connectivity index (χ3n) is 10.2. The molecule has 1 unspecified atom stereocenters. The highest BCUT2D eigenvalue weighted by atomic mass is 32.2. The van der Waals surface area contributed by atoms with Crippen molar-refractivity contribution in [1.29, 1.82) is 0 Å². The van der Waals surface area contributed by atoms with Crippen molar-refractivity contribution in [3.63, 3.8) is 0 Å². The number of allylic oxidation sites excluding steroid dienone is 3. The second kappa shape index (κ2) is 9.91. The molecule has 2 fully saturated rings. The highest BCUT2D eigenvalue weighted by molar-refractivity contribution is 7.92. The average molecular weight is 558 g/mol. The molecule has 0 saturated heterocycles. The topological polar surface area (TPSA) is 86.6 Å². The molecular formula is C34H39NO4S. The van der Waals surface area contributed by atoms with Gasteiger partial charge in [0.25, 0.3) is 10.0 Å². The van der Waals surface area contributed by atoms with E-state index in [4.69, 9.17) is 0 Å². The quantitative estimate of drug-likeness (QED) is 0.389. The van der Waals surface area contributed by atoms with Crippen molar-refractivity contribution in [3.05, 3.63) is 82.5 Å². The van der Waals surface area contributed by atoms with E-state index in [0.29, 0.717) is 23.9 Å². The molecule has 6 atom stereocenters. The molecule has 40 heavy (non-hydrogen) atoms. The van der Waals surface area contributed by atoms with E-state index >= 15 is 0 Å². The minimum absolute atomic E-state index is 0.103. The zero-order chi connectivity index (χ0) is 28.3. The average Bonchev–Trinajstić information content (AvgIpc) is 3.18. The Morgan fingerprint density at radius 1 is 1.00 bits per heavy atom. The van der Waals surface area contributed by atoms with Crippen LogP contribution in [0, 0.1) is 36.0 Å². The van der Waals surface area contributed by atoms with Crippen LogP contribution < -0.4 is 4.72 Å². The molecule has 210 valence electrons. The number of aryl methyl sites for hydroxylation is 1. The SMILES string of the molecule is CC#C[C@]1(O)CC[C@H]2[C@@H]3CCC4=CC(O)CCC4=C3[C@@H](c3ccc(NS(=O)(=O)c4ccc(C)cc4)cc3)C[C@@]21C. The Hall–Kier alpha value is -2.85. The third-order valence-corrected chi connectivity index (χ3v) is 11.6. The van der Waals surface area contributed by atoms with Crippen molar-refractivity contribution in [1.82, 2.24) is 0 Å². The van der Waals surface area contributed by atoms with Gasteiger partial charge in [0.1, 0.15) is 5.60 Å². The van der Waals surface area contributed by atoms with E-state index in [1.54, 1.807) is 24.3 Å². The molecule has 6 rings (SSSR count). The number of aliphatic hydroxyl groups excluding tert-OH is 1. The first kappa shape index (κ1) is 27.3. The molecule has 2 saturated carbocycles. The molecule has 4 aliphatic carbocycles. The predicted octanol–water partition coefficient (Wildman–Crippen LogP) is 6.24. The molecule has 0 aliphatic heterocycles. The Morgan fingerprint density at radius 2 is 1.73 bits per heavy atom. The lowest BCUT2D eigenvalue weighted by Gasteiger charge is -2.54. The summed E-state index contributed by atoms with van der Waals surface area (Å²) in [5.41, 5.74) is 5.51. The number of benzene rings is 2. The van der Waals surface area contributed by atoms with E-state index in [2.05, 4.69) is 29.6 Å². The van der Waals surface area contributed by atoms with Gasteiger partial charge in [-0.1, -0.05) is 54.3 Å². The first-order valence-corrected chi connectivity index (χ1v) is 16.0. The fourth-order valence-electron chi connectivity index (χ4n) is 8.21. The zero-order valence-corrected chi connectivity index (χ0v) is 24.4. The van der Waals surface area contributed by atoms with E-state index in [0.717, 1.165) is 49.7 Å². The Labute approximate surface area is 238 Å². The van der Waals surface area contributed by atoms with Gasteiger partial charge in [-0.2, -0.15) is 0 Å². The van der Waals surface area contributed by atoms with Crippen molar-refractivity contribution in [2.24, 2.45) is 17.3 Å². The molecule has 6 heteroatoms. The lowest BCUT2D eigenvalue weighted by molar-refractivity contribution is -0.0514. The number of sulfonamides is 1. The number of rotatable bonds is 4. The molecule has 2 aromatic rings. The standard InChI is InChI=1S/C34H39NO4S/c1-4-18-34(37)19-17-31-29-15-9-24-20-26(36)12-16-28(24)32(29)30(21-33(31,34)3)23-7-10-25(11-8-23)35-40(38,39)27-13-5-22(2)6-14-27/h5-8,10-11,13-14,20,26,29-31,35-37H,9,12,15-17,19,21H2,1-3H3/t26?,29-,30+,31-,33-,34-/m0/s1. The highest BCUT2D eigenvalue weighted by Gasteiger charge is 2.62. The minimum Gasteiger partial charge on any atom is -0.389 e. The predicted molar refractivity (Wildman–Crippen MR) is 158 cm³/mol. The van der Waals surface area contributed by atoms with Gasteiger partial charge >= 0.3 is 0 Å². The zero-order valence-electron chi connectivity index (χ0n) is 23.6. The third kappa shape index (κ3) is 4.43. The highest BCUT2D eigenvalue weighted by Crippen LogP contribution is 2.66. The summed E-state index contributed by atoms with van der Waals surface area (Å²) < 4.78 is 28.7. The largest absolute Gasteiger partial charge is 0.389 e. The molecular weight excluding hydrogens is 518 g/mol. The smallest absolute Gasteiger partial charge is 0.261 e. The Kier molecular flexibility index (Phi) is 6.77. The number of anilines is 1. The van der Waals surface area contributed by atoms with Crippen molar-refractivity contribution in [2.45, 2.75) is 88.2 Å². The van der Waals surface area contributed by atoms with Crippen LogP contribution in [0.3, 0.4) is 0 Å². The second-order valence-corrected chi connectivity index (χ2v) is 14.2. The molecule has 0 radical (unpaired) electrons. The van der Waals surface area contributed by atoms with Gasteiger partial charge in [0, 0.05) is 17.0 Å². The number of nitrogens with one attached hydrogen (secondary N) is 1. The van der Waals surface area contributed by atoms with Crippen molar-refractivity contribution in [3.8, 4) is 11.8 Å². The van der Waals surface area contributed by atoms with Crippen molar-refractivity contribution < 1.29 is 18.6 Å². The van der Waals surface area contributed by atoms with Gasteiger partial charge in [-0.15, -0.1) is 5.92 Å². The summed E-state index contributed by atoms with van der Waals surface area (Å²) >= 11 is 0. The Morgan fingerprint density at radius 3 is 2.42 bits per heavy atom. The molecule has 5 nitrogen and oxygen atoms in total. The van der Waals surface area contributed by atoms with Crippen LogP contribution in [0.1, 0.15) is 75.8 Å². The number of hydrogen-bond donors (Lipinski definition) is 3. The first-order valence-electron chi connectivity index (χ1n) is 14.5. The number of hydrogen-bond acceptors (Lipinski definition) is 4. The van der Waals surface area contributed by atoms with Gasteiger partial charge in [-0.25, -0.2) is 8.42 Å². The molecule has 0 aromatic heterocycles. The van der Waals surface area contributed by atoms with E-state index < -0.39 is 15.6 Å². The van der Waals surface area contributed by atoms with E-state index in [9.17, 15) is 18.6 Å².